The number of carbonyl (C=O) groups is 4. The van der Waals surface area contributed by atoms with Crippen molar-refractivity contribution in [2.24, 2.45) is 0 Å². The van der Waals surface area contributed by atoms with Gasteiger partial charge in [-0.05, 0) is 0 Å². The van der Waals surface area contributed by atoms with Crippen LogP contribution in [0.15, 0.2) is 11.4 Å². The van der Waals surface area contributed by atoms with Crippen LogP contribution in [0.1, 0.15) is 13.8 Å². The normalized spacial score (nSPS) is 24.7. The second-order valence-electron chi connectivity index (χ2n) is 4.40. The van der Waals surface area contributed by atoms with E-state index in [1.54, 1.807) is 0 Å². The third-order valence-corrected chi connectivity index (χ3v) is 4.14. The summed E-state index contributed by atoms with van der Waals surface area (Å²) < 4.78 is 0. The molecule has 9 heteroatoms. The second-order valence-corrected chi connectivity index (χ2v) is 5.51. The standard InChI is InChI=1S/C11H13N3O5S/c1-4(15)12-6-3-20-10-7(13-5(2)16)9(17)14(10)8(6)11(18)19/h7,10H,3H2,1-2H3,(H,12,15)(H,13,16)(H,18,19)/t7?,10-/m0/s1. The van der Waals surface area contributed by atoms with E-state index >= 15 is 0 Å². The van der Waals surface area contributed by atoms with E-state index in [0.29, 0.717) is 0 Å². The number of rotatable bonds is 3. The number of aliphatic carboxylic acids is 1. The number of hydrogen-bond donors (Lipinski definition) is 3. The average molecular weight is 299 g/mol. The highest BCUT2D eigenvalue weighted by atomic mass is 32.2. The molecule has 2 rings (SSSR count). The molecule has 0 spiro atoms. The summed E-state index contributed by atoms with van der Waals surface area (Å²) in [7, 11) is 0. The van der Waals surface area contributed by atoms with Crippen molar-refractivity contribution in [2.45, 2.75) is 25.3 Å². The topological polar surface area (TPSA) is 116 Å². The molecule has 3 N–H and O–H groups in total. The zero-order chi connectivity index (χ0) is 15.0. The Balaban J connectivity index is 2.28. The smallest absolute Gasteiger partial charge is 0.354 e. The van der Waals surface area contributed by atoms with Gasteiger partial charge in [0.05, 0.1) is 5.70 Å². The molecule has 108 valence electrons. The molecule has 0 saturated carbocycles. The van der Waals surface area contributed by atoms with E-state index in [1.165, 1.54) is 25.6 Å². The van der Waals surface area contributed by atoms with E-state index in [1.807, 2.05) is 0 Å². The van der Waals surface area contributed by atoms with E-state index in [0.717, 1.165) is 4.90 Å². The Labute approximate surface area is 118 Å². The average Bonchev–Trinajstić information content (AvgIpc) is 2.34. The van der Waals surface area contributed by atoms with Crippen molar-refractivity contribution < 1.29 is 24.3 Å². The van der Waals surface area contributed by atoms with Gasteiger partial charge in [0, 0.05) is 19.6 Å². The summed E-state index contributed by atoms with van der Waals surface area (Å²) >= 11 is 1.29. The molecule has 0 bridgehead atoms. The number of carboxylic acid groups (broad SMARTS) is 1. The van der Waals surface area contributed by atoms with Gasteiger partial charge in [-0.3, -0.25) is 19.3 Å². The van der Waals surface area contributed by atoms with Gasteiger partial charge in [-0.1, -0.05) is 0 Å². The molecule has 0 radical (unpaired) electrons. The van der Waals surface area contributed by atoms with Crippen molar-refractivity contribution in [1.82, 2.24) is 15.5 Å². The molecule has 0 aliphatic carbocycles. The van der Waals surface area contributed by atoms with Gasteiger partial charge in [0.25, 0.3) is 5.91 Å². The van der Waals surface area contributed by atoms with Gasteiger partial charge in [-0.15, -0.1) is 11.8 Å². The van der Waals surface area contributed by atoms with Crippen LogP contribution < -0.4 is 10.6 Å². The molecule has 8 nitrogen and oxygen atoms in total. The van der Waals surface area contributed by atoms with Gasteiger partial charge in [0.15, 0.2) is 5.70 Å². The Morgan fingerprint density at radius 1 is 1.30 bits per heavy atom. The number of amides is 3. The molecular weight excluding hydrogens is 286 g/mol. The molecule has 0 aromatic carbocycles. The number of β-lactam (4-membered cyclic amide) rings is 1. The molecule has 1 saturated heterocycles. The van der Waals surface area contributed by atoms with Gasteiger partial charge >= 0.3 is 5.97 Å². The van der Waals surface area contributed by atoms with Crippen LogP contribution in [-0.2, 0) is 19.2 Å². The number of carbonyl (C=O) groups excluding carboxylic acids is 3. The van der Waals surface area contributed by atoms with Gasteiger partial charge < -0.3 is 15.7 Å². The number of thioether (sulfide) groups is 1. The highest BCUT2D eigenvalue weighted by Crippen LogP contribution is 2.39. The summed E-state index contributed by atoms with van der Waals surface area (Å²) in [5, 5.41) is 13.7. The van der Waals surface area contributed by atoms with E-state index in [-0.39, 0.29) is 23.1 Å². The van der Waals surface area contributed by atoms with E-state index in [4.69, 9.17) is 0 Å². The maximum atomic E-state index is 12.0. The summed E-state index contributed by atoms with van der Waals surface area (Å²) in [6.45, 7) is 2.56. The van der Waals surface area contributed by atoms with Crippen molar-refractivity contribution in [3.63, 3.8) is 0 Å². The summed E-state index contributed by atoms with van der Waals surface area (Å²) in [6.07, 6.45) is 0. The third-order valence-electron chi connectivity index (χ3n) is 2.86. The third kappa shape index (κ3) is 2.36. The molecule has 2 aliphatic heterocycles. The van der Waals surface area contributed by atoms with Crippen LogP contribution in [0.4, 0.5) is 0 Å². The van der Waals surface area contributed by atoms with Gasteiger partial charge in [-0.25, -0.2) is 4.79 Å². The lowest BCUT2D eigenvalue weighted by Crippen LogP contribution is -2.70. The maximum absolute atomic E-state index is 12.0. The molecule has 1 fully saturated rings. The lowest BCUT2D eigenvalue weighted by molar-refractivity contribution is -0.150. The van der Waals surface area contributed by atoms with E-state index < -0.39 is 29.2 Å². The van der Waals surface area contributed by atoms with Crippen molar-refractivity contribution >= 4 is 35.5 Å². The Morgan fingerprint density at radius 3 is 2.45 bits per heavy atom. The van der Waals surface area contributed by atoms with E-state index in [2.05, 4.69) is 10.6 Å². The van der Waals surface area contributed by atoms with Crippen LogP contribution >= 0.6 is 11.8 Å². The first-order valence-electron chi connectivity index (χ1n) is 5.78. The molecule has 2 aliphatic rings. The van der Waals surface area contributed by atoms with Crippen molar-refractivity contribution in [2.75, 3.05) is 5.75 Å². The van der Waals surface area contributed by atoms with Crippen LogP contribution in [0, 0.1) is 0 Å². The predicted octanol–water partition coefficient (Wildman–Crippen LogP) is -1.16. The SMILES string of the molecule is CC(=O)NC1=C(C(=O)O)N2C(=O)C(NC(C)=O)[C@@H]2SC1. The highest BCUT2D eigenvalue weighted by molar-refractivity contribution is 8.00. The molecule has 20 heavy (non-hydrogen) atoms. The number of nitrogens with one attached hydrogen (secondary N) is 2. The minimum absolute atomic E-state index is 0.195. The fourth-order valence-corrected chi connectivity index (χ4v) is 3.43. The highest BCUT2D eigenvalue weighted by Gasteiger charge is 2.54. The van der Waals surface area contributed by atoms with Crippen LogP contribution in [-0.4, -0.2) is 50.9 Å². The number of fused-ring (bicyclic) bond motifs is 1. The second kappa shape index (κ2) is 5.16. The lowest BCUT2D eigenvalue weighted by Gasteiger charge is -2.49. The number of nitrogens with zero attached hydrogens (tertiary/aromatic N) is 1. The molecule has 1 unspecified atom stereocenters. The minimum atomic E-state index is -1.28. The summed E-state index contributed by atoms with van der Waals surface area (Å²) in [5.41, 5.74) is -0.0311. The first kappa shape index (κ1) is 14.4. The van der Waals surface area contributed by atoms with Gasteiger partial charge in [0.2, 0.25) is 11.8 Å². The number of hydrogen-bond acceptors (Lipinski definition) is 5. The summed E-state index contributed by atoms with van der Waals surface area (Å²) in [6, 6.07) is -0.717. The monoisotopic (exact) mass is 299 g/mol. The van der Waals surface area contributed by atoms with Gasteiger partial charge in [-0.2, -0.15) is 0 Å². The minimum Gasteiger partial charge on any atom is -0.477 e. The first-order chi connectivity index (χ1) is 9.32. The zero-order valence-electron chi connectivity index (χ0n) is 10.8. The molecule has 3 amide bonds. The molecule has 0 aromatic rings. The van der Waals surface area contributed by atoms with Crippen molar-refractivity contribution in [3.8, 4) is 0 Å². The lowest BCUT2D eigenvalue weighted by atomic mass is 10.0. The Bertz CT molecular complexity index is 544. The predicted molar refractivity (Wildman–Crippen MR) is 69.2 cm³/mol. The Hall–Kier alpha value is -2.03. The van der Waals surface area contributed by atoms with Crippen LogP contribution in [0.5, 0.6) is 0 Å². The Kier molecular flexibility index (Phi) is 3.71. The number of carboxylic acids is 1. The summed E-state index contributed by atoms with van der Waals surface area (Å²) in [5.74, 6) is -2.27. The fraction of sp³-hybridized carbons (Fsp3) is 0.455. The first-order valence-corrected chi connectivity index (χ1v) is 6.83. The maximum Gasteiger partial charge on any atom is 0.354 e. The fourth-order valence-electron chi connectivity index (χ4n) is 2.15. The van der Waals surface area contributed by atoms with E-state index in [9.17, 15) is 24.3 Å². The zero-order valence-corrected chi connectivity index (χ0v) is 11.6. The molecule has 0 aromatic heterocycles. The molecular formula is C11H13N3O5S. The summed E-state index contributed by atoms with van der Waals surface area (Å²) in [4.78, 5) is 46.5. The van der Waals surface area contributed by atoms with Crippen molar-refractivity contribution in [1.29, 1.82) is 0 Å². The Morgan fingerprint density at radius 2 is 1.95 bits per heavy atom. The van der Waals surface area contributed by atoms with Crippen LogP contribution in [0.25, 0.3) is 0 Å². The largest absolute Gasteiger partial charge is 0.477 e. The van der Waals surface area contributed by atoms with Crippen LogP contribution in [0.2, 0.25) is 0 Å². The van der Waals surface area contributed by atoms with Crippen LogP contribution in [0.3, 0.4) is 0 Å². The van der Waals surface area contributed by atoms with Crippen molar-refractivity contribution in [3.05, 3.63) is 11.4 Å². The molecule has 2 heterocycles. The quantitative estimate of drug-likeness (QED) is 0.566. The molecule has 2 atom stereocenters. The van der Waals surface area contributed by atoms with Gasteiger partial charge in [0.1, 0.15) is 11.4 Å².